The normalized spacial score (nSPS) is 14.8. The molecule has 0 atom stereocenters. The van der Waals surface area contributed by atoms with Gasteiger partial charge in [-0.15, -0.1) is 0 Å². The molecule has 2 aromatic carbocycles. The van der Waals surface area contributed by atoms with E-state index < -0.39 is 23.0 Å². The molecule has 1 saturated carbocycles. The molecule has 124 valence electrons. The number of hydrogen-bond acceptors (Lipinski definition) is 2. The van der Waals surface area contributed by atoms with Crippen LogP contribution in [-0.2, 0) is 16.1 Å². The van der Waals surface area contributed by atoms with Crippen LogP contribution in [0.15, 0.2) is 48.5 Å². The van der Waals surface area contributed by atoms with E-state index in [2.05, 4.69) is 10.6 Å². The third-order valence-electron chi connectivity index (χ3n) is 4.11. The third kappa shape index (κ3) is 3.27. The highest BCUT2D eigenvalue weighted by molar-refractivity contribution is 6.13. The van der Waals surface area contributed by atoms with E-state index in [1.807, 2.05) is 0 Å². The third-order valence-corrected chi connectivity index (χ3v) is 4.11. The van der Waals surface area contributed by atoms with Gasteiger partial charge in [0.25, 0.3) is 0 Å². The number of anilines is 1. The van der Waals surface area contributed by atoms with Crippen LogP contribution in [0.3, 0.4) is 0 Å². The maximum Gasteiger partial charge on any atom is 0.240 e. The van der Waals surface area contributed by atoms with Gasteiger partial charge in [0, 0.05) is 6.54 Å². The van der Waals surface area contributed by atoms with Crippen LogP contribution in [-0.4, -0.2) is 11.8 Å². The van der Waals surface area contributed by atoms with Crippen molar-refractivity contribution in [1.82, 2.24) is 5.32 Å². The zero-order chi connectivity index (χ0) is 17.2. The quantitative estimate of drug-likeness (QED) is 0.828. The average Bonchev–Trinajstić information content (AvgIpc) is 3.38. The summed E-state index contributed by atoms with van der Waals surface area (Å²) in [4.78, 5) is 24.7. The van der Waals surface area contributed by atoms with Crippen LogP contribution in [0.4, 0.5) is 14.5 Å². The van der Waals surface area contributed by atoms with Crippen molar-refractivity contribution in [3.63, 3.8) is 0 Å². The standard InChI is InChI=1S/C18H16F2N2O2/c19-13-7-5-12(6-8-13)11-21-16(23)18(9-10-18)17(24)22-15-4-2-1-3-14(15)20/h1-8H,9-11H2,(H,21,23)(H,22,24). The van der Waals surface area contributed by atoms with Crippen molar-refractivity contribution >= 4 is 17.5 Å². The number of carbonyl (C=O) groups is 2. The molecule has 1 fully saturated rings. The molecule has 0 heterocycles. The van der Waals surface area contributed by atoms with Gasteiger partial charge in [-0.2, -0.15) is 0 Å². The smallest absolute Gasteiger partial charge is 0.240 e. The van der Waals surface area contributed by atoms with Gasteiger partial charge in [0.15, 0.2) is 0 Å². The number of para-hydroxylation sites is 1. The van der Waals surface area contributed by atoms with Gasteiger partial charge in [-0.1, -0.05) is 24.3 Å². The van der Waals surface area contributed by atoms with Gasteiger partial charge in [0.2, 0.25) is 11.8 Å². The fraction of sp³-hybridized carbons (Fsp3) is 0.222. The highest BCUT2D eigenvalue weighted by atomic mass is 19.1. The molecule has 0 bridgehead atoms. The topological polar surface area (TPSA) is 58.2 Å². The Balaban J connectivity index is 1.62. The summed E-state index contributed by atoms with van der Waals surface area (Å²) in [5.41, 5.74) is -0.363. The Hall–Kier alpha value is -2.76. The molecule has 2 aromatic rings. The molecular weight excluding hydrogens is 314 g/mol. The summed E-state index contributed by atoms with van der Waals surface area (Å²) < 4.78 is 26.5. The second-order valence-corrected chi connectivity index (χ2v) is 5.83. The van der Waals surface area contributed by atoms with Gasteiger partial charge < -0.3 is 10.6 Å². The Morgan fingerprint density at radius 2 is 1.62 bits per heavy atom. The van der Waals surface area contributed by atoms with Crippen LogP contribution in [0.5, 0.6) is 0 Å². The summed E-state index contributed by atoms with van der Waals surface area (Å²) in [6.45, 7) is 0.202. The van der Waals surface area contributed by atoms with Crippen molar-refractivity contribution < 1.29 is 18.4 Å². The maximum absolute atomic E-state index is 13.6. The van der Waals surface area contributed by atoms with Gasteiger partial charge in [0.1, 0.15) is 17.0 Å². The lowest BCUT2D eigenvalue weighted by molar-refractivity contribution is -0.134. The molecule has 6 heteroatoms. The van der Waals surface area contributed by atoms with Gasteiger partial charge in [0.05, 0.1) is 5.69 Å². The second kappa shape index (κ2) is 6.39. The van der Waals surface area contributed by atoms with E-state index >= 15 is 0 Å². The summed E-state index contributed by atoms with van der Waals surface area (Å²) in [5.74, 6) is -1.81. The summed E-state index contributed by atoms with van der Waals surface area (Å²) in [6.07, 6.45) is 0.838. The zero-order valence-electron chi connectivity index (χ0n) is 12.8. The molecule has 1 aliphatic rings. The van der Waals surface area contributed by atoms with Crippen LogP contribution in [0.25, 0.3) is 0 Å². The maximum atomic E-state index is 13.6. The predicted octanol–water partition coefficient (Wildman–Crippen LogP) is 3.00. The molecule has 0 spiro atoms. The number of halogens is 2. The Bertz CT molecular complexity index is 771. The Labute approximate surface area is 137 Å². The monoisotopic (exact) mass is 330 g/mol. The lowest BCUT2D eigenvalue weighted by Gasteiger charge is -2.15. The van der Waals surface area contributed by atoms with Crippen molar-refractivity contribution in [2.45, 2.75) is 19.4 Å². The van der Waals surface area contributed by atoms with Crippen LogP contribution in [0.1, 0.15) is 18.4 Å². The van der Waals surface area contributed by atoms with E-state index in [4.69, 9.17) is 0 Å². The minimum atomic E-state index is -1.15. The molecular formula is C18H16F2N2O2. The largest absolute Gasteiger partial charge is 0.351 e. The van der Waals surface area contributed by atoms with Crippen LogP contribution in [0, 0.1) is 17.0 Å². The van der Waals surface area contributed by atoms with Crippen molar-refractivity contribution in [2.24, 2.45) is 5.41 Å². The lowest BCUT2D eigenvalue weighted by atomic mass is 10.0. The highest BCUT2D eigenvalue weighted by Crippen LogP contribution is 2.47. The molecule has 0 aromatic heterocycles. The zero-order valence-corrected chi connectivity index (χ0v) is 12.8. The van der Waals surface area contributed by atoms with Gasteiger partial charge >= 0.3 is 0 Å². The number of rotatable bonds is 5. The Kier molecular flexibility index (Phi) is 4.29. The number of hydrogen-bond donors (Lipinski definition) is 2. The number of benzene rings is 2. The lowest BCUT2D eigenvalue weighted by Crippen LogP contribution is -2.39. The number of nitrogens with one attached hydrogen (secondary N) is 2. The van der Waals surface area contributed by atoms with Crippen molar-refractivity contribution in [3.05, 3.63) is 65.7 Å². The molecule has 3 rings (SSSR count). The summed E-state index contributed by atoms with van der Waals surface area (Å²) in [6, 6.07) is 11.5. The molecule has 4 nitrogen and oxygen atoms in total. The van der Waals surface area contributed by atoms with Gasteiger partial charge in [-0.3, -0.25) is 9.59 Å². The SMILES string of the molecule is O=C(NCc1ccc(F)cc1)C1(C(=O)Nc2ccccc2F)CC1. The number of amides is 2. The molecule has 2 amide bonds. The van der Waals surface area contributed by atoms with Crippen LogP contribution >= 0.6 is 0 Å². The summed E-state index contributed by atoms with van der Waals surface area (Å²) in [5, 5.41) is 5.16. The van der Waals surface area contributed by atoms with Crippen LogP contribution in [0.2, 0.25) is 0 Å². The molecule has 1 aliphatic carbocycles. The van der Waals surface area contributed by atoms with E-state index in [0.29, 0.717) is 12.8 Å². The molecule has 24 heavy (non-hydrogen) atoms. The van der Waals surface area contributed by atoms with E-state index in [-0.39, 0.29) is 18.0 Å². The minimum Gasteiger partial charge on any atom is -0.351 e. The summed E-state index contributed by atoms with van der Waals surface area (Å²) in [7, 11) is 0. The van der Waals surface area contributed by atoms with Gasteiger partial charge in [-0.05, 0) is 42.7 Å². The van der Waals surface area contributed by atoms with Crippen LogP contribution < -0.4 is 10.6 Å². The van der Waals surface area contributed by atoms with Gasteiger partial charge in [-0.25, -0.2) is 8.78 Å². The number of carbonyl (C=O) groups excluding carboxylic acids is 2. The minimum absolute atomic E-state index is 0.0557. The van der Waals surface area contributed by atoms with E-state index in [9.17, 15) is 18.4 Å². The molecule has 0 unspecified atom stereocenters. The fourth-order valence-corrected chi connectivity index (χ4v) is 2.44. The summed E-state index contributed by atoms with van der Waals surface area (Å²) >= 11 is 0. The Morgan fingerprint density at radius 3 is 2.25 bits per heavy atom. The highest BCUT2D eigenvalue weighted by Gasteiger charge is 2.56. The first-order valence-electron chi connectivity index (χ1n) is 7.60. The first-order valence-corrected chi connectivity index (χ1v) is 7.60. The van der Waals surface area contributed by atoms with Crippen molar-refractivity contribution in [1.29, 1.82) is 0 Å². The molecule has 0 aliphatic heterocycles. The van der Waals surface area contributed by atoms with Crippen molar-refractivity contribution in [2.75, 3.05) is 5.32 Å². The second-order valence-electron chi connectivity index (χ2n) is 5.83. The molecule has 0 radical (unpaired) electrons. The van der Waals surface area contributed by atoms with E-state index in [0.717, 1.165) is 5.56 Å². The molecule has 0 saturated heterocycles. The Morgan fingerprint density at radius 1 is 0.958 bits per heavy atom. The van der Waals surface area contributed by atoms with E-state index in [1.54, 1.807) is 18.2 Å². The predicted molar refractivity (Wildman–Crippen MR) is 84.9 cm³/mol. The first kappa shape index (κ1) is 16.1. The molecule has 2 N–H and O–H groups in total. The average molecular weight is 330 g/mol. The van der Waals surface area contributed by atoms with Crippen molar-refractivity contribution in [3.8, 4) is 0 Å². The first-order chi connectivity index (χ1) is 11.5. The fourth-order valence-electron chi connectivity index (χ4n) is 2.44. The van der Waals surface area contributed by atoms with E-state index in [1.165, 1.54) is 30.3 Å².